The van der Waals surface area contributed by atoms with Gasteiger partial charge in [0.25, 0.3) is 0 Å². The van der Waals surface area contributed by atoms with Crippen LogP contribution in [0.25, 0.3) is 0 Å². The Balaban J connectivity index is 2.29. The third-order valence-electron chi connectivity index (χ3n) is 2.99. The first-order chi connectivity index (χ1) is 7.32. The largest absolute Gasteiger partial charge is 0.459 e. The van der Waals surface area contributed by atoms with Crippen LogP contribution in [0.5, 0.6) is 0 Å². The zero-order valence-electron chi connectivity index (χ0n) is 9.27. The molecule has 1 heterocycles. The maximum Gasteiger partial charge on any atom is 0.459 e. The molecule has 1 aliphatic heterocycles. The van der Waals surface area contributed by atoms with Gasteiger partial charge >= 0.3 is 8.72 Å². The minimum atomic E-state index is -2.12. The van der Waals surface area contributed by atoms with Gasteiger partial charge in [-0.1, -0.05) is 18.2 Å². The van der Waals surface area contributed by atoms with E-state index in [1.54, 1.807) is 14.2 Å². The zero-order valence-corrected chi connectivity index (χ0v) is 10.3. The zero-order chi connectivity index (χ0) is 10.7. The summed E-state index contributed by atoms with van der Waals surface area (Å²) in [5, 5.41) is 0. The first-order valence-electron chi connectivity index (χ1n) is 5.25. The number of rotatable bonds is 3. The molecule has 0 atom stereocenters. The quantitative estimate of drug-likeness (QED) is 0.733. The summed E-state index contributed by atoms with van der Waals surface area (Å²) < 4.78 is 13.6. The van der Waals surface area contributed by atoms with Crippen molar-refractivity contribution in [3.05, 3.63) is 30.3 Å². The molecule has 0 aliphatic carbocycles. The van der Waals surface area contributed by atoms with E-state index < -0.39 is 8.72 Å². The summed E-state index contributed by atoms with van der Waals surface area (Å²) in [7, 11) is 1.40. The molecular weight excluding hydrogens is 206 g/mol. The first-order valence-corrected chi connectivity index (χ1v) is 7.22. The molecule has 0 radical (unpaired) electrons. The lowest BCUT2D eigenvalue weighted by atomic mass is 10.3. The molecule has 3 nitrogen and oxygen atoms in total. The summed E-state index contributed by atoms with van der Waals surface area (Å²) >= 11 is 0. The molecule has 0 N–H and O–H groups in total. The van der Waals surface area contributed by atoms with Crippen molar-refractivity contribution in [3.63, 3.8) is 0 Å². The predicted molar refractivity (Wildman–Crippen MR) is 63.0 cm³/mol. The van der Waals surface area contributed by atoms with Gasteiger partial charge in [0.05, 0.1) is 0 Å². The van der Waals surface area contributed by atoms with Gasteiger partial charge in [0, 0.05) is 32.5 Å². The van der Waals surface area contributed by atoms with Gasteiger partial charge in [-0.2, -0.15) is 0 Å². The lowest BCUT2D eigenvalue weighted by Gasteiger charge is -2.33. The van der Waals surface area contributed by atoms with Crippen molar-refractivity contribution in [1.82, 2.24) is 0 Å². The van der Waals surface area contributed by atoms with Crippen LogP contribution in [-0.2, 0) is 8.85 Å². The second kappa shape index (κ2) is 4.34. The van der Waals surface area contributed by atoms with E-state index in [2.05, 4.69) is 28.8 Å². The van der Waals surface area contributed by atoms with Crippen LogP contribution in [-0.4, -0.2) is 29.5 Å². The highest BCUT2D eigenvalue weighted by Crippen LogP contribution is 2.31. The molecule has 4 heteroatoms. The van der Waals surface area contributed by atoms with Crippen LogP contribution < -0.4 is 4.57 Å². The van der Waals surface area contributed by atoms with Gasteiger partial charge in [0.15, 0.2) is 0 Å². The summed E-state index contributed by atoms with van der Waals surface area (Å²) in [5.41, 5.74) is 1.21. The van der Waals surface area contributed by atoms with Crippen molar-refractivity contribution in [2.75, 3.05) is 25.3 Å². The van der Waals surface area contributed by atoms with E-state index in [0.29, 0.717) is 0 Å². The van der Waals surface area contributed by atoms with Gasteiger partial charge in [0.2, 0.25) is 0 Å². The Morgan fingerprint density at radius 2 is 1.80 bits per heavy atom. The van der Waals surface area contributed by atoms with E-state index in [1.807, 2.05) is 6.07 Å². The molecule has 0 saturated carbocycles. The number of anilines is 1. The van der Waals surface area contributed by atoms with E-state index in [-0.39, 0.29) is 0 Å². The van der Waals surface area contributed by atoms with Gasteiger partial charge in [-0.15, -0.1) is 0 Å². The van der Waals surface area contributed by atoms with Gasteiger partial charge < -0.3 is 13.4 Å². The van der Waals surface area contributed by atoms with Crippen molar-refractivity contribution >= 4 is 14.4 Å². The van der Waals surface area contributed by atoms with E-state index in [9.17, 15) is 0 Å². The number of benzene rings is 1. The van der Waals surface area contributed by atoms with E-state index in [0.717, 1.165) is 19.0 Å². The maximum atomic E-state index is 5.66. The molecule has 0 bridgehead atoms. The van der Waals surface area contributed by atoms with Crippen LogP contribution >= 0.6 is 0 Å². The maximum absolute atomic E-state index is 5.66. The fourth-order valence-corrected chi connectivity index (χ4v) is 5.14. The highest BCUT2D eigenvalue weighted by atomic mass is 28.4. The van der Waals surface area contributed by atoms with Gasteiger partial charge in [-0.25, -0.2) is 0 Å². The van der Waals surface area contributed by atoms with Crippen molar-refractivity contribution in [2.45, 2.75) is 12.5 Å². The van der Waals surface area contributed by atoms with E-state index in [1.165, 1.54) is 5.69 Å². The summed E-state index contributed by atoms with van der Waals surface area (Å²) in [6.07, 6.45) is 1.16. The lowest BCUT2D eigenvalue weighted by molar-refractivity contribution is 0.246. The van der Waals surface area contributed by atoms with Gasteiger partial charge in [0.1, 0.15) is 0 Å². The molecular formula is C11H17NO2Si. The summed E-state index contributed by atoms with van der Waals surface area (Å²) in [6, 6.07) is 11.4. The molecule has 15 heavy (non-hydrogen) atoms. The predicted octanol–water partition coefficient (Wildman–Crippen LogP) is 2.13. The molecule has 2 rings (SSSR count). The highest BCUT2D eigenvalue weighted by molar-refractivity contribution is 6.72. The van der Waals surface area contributed by atoms with Crippen LogP contribution in [0.2, 0.25) is 6.04 Å². The molecule has 0 unspecified atom stereocenters. The van der Waals surface area contributed by atoms with E-state index >= 15 is 0 Å². The Hall–Kier alpha value is -0.843. The standard InChI is InChI=1S/C11H17NO2Si/c1-13-15(14-2)10-6-9-12(15)11-7-4-3-5-8-11/h3-5,7-8H,6,9-10H2,1-2H3. The monoisotopic (exact) mass is 223 g/mol. The van der Waals surface area contributed by atoms with Crippen LogP contribution in [0.3, 0.4) is 0 Å². The average Bonchev–Trinajstić information content (AvgIpc) is 2.74. The minimum Gasteiger partial charge on any atom is -0.382 e. The molecule has 1 saturated heterocycles. The van der Waals surface area contributed by atoms with Crippen molar-refractivity contribution in [3.8, 4) is 0 Å². The first kappa shape index (κ1) is 10.7. The minimum absolute atomic E-state index is 1.04. The SMILES string of the molecule is CO[Si]1(OC)CCCN1c1ccccc1. The Morgan fingerprint density at radius 3 is 2.40 bits per heavy atom. The van der Waals surface area contributed by atoms with Crippen LogP contribution in [0, 0.1) is 0 Å². The number of hydrogen-bond donors (Lipinski definition) is 0. The van der Waals surface area contributed by atoms with Crippen molar-refractivity contribution in [1.29, 1.82) is 0 Å². The fraction of sp³-hybridized carbons (Fsp3) is 0.455. The third-order valence-corrected chi connectivity index (χ3v) is 6.56. The summed E-state index contributed by atoms with van der Waals surface area (Å²) in [5.74, 6) is 0. The molecule has 0 spiro atoms. The smallest absolute Gasteiger partial charge is 0.382 e. The van der Waals surface area contributed by atoms with Gasteiger partial charge in [-0.3, -0.25) is 0 Å². The topological polar surface area (TPSA) is 21.7 Å². The Morgan fingerprint density at radius 1 is 1.13 bits per heavy atom. The molecule has 1 aromatic rings. The molecule has 0 aromatic heterocycles. The lowest BCUT2D eigenvalue weighted by Crippen LogP contribution is -2.53. The summed E-state index contributed by atoms with van der Waals surface area (Å²) in [6.45, 7) is 1.04. The number of para-hydroxylation sites is 1. The average molecular weight is 223 g/mol. The molecule has 1 aromatic carbocycles. The van der Waals surface area contributed by atoms with Crippen LogP contribution in [0.4, 0.5) is 5.69 Å². The third kappa shape index (κ3) is 1.80. The number of nitrogens with zero attached hydrogens (tertiary/aromatic N) is 1. The van der Waals surface area contributed by atoms with Crippen LogP contribution in [0.15, 0.2) is 30.3 Å². The molecule has 82 valence electrons. The summed E-state index contributed by atoms with van der Waals surface area (Å²) in [4.78, 5) is 0. The molecule has 1 fully saturated rings. The van der Waals surface area contributed by atoms with E-state index in [4.69, 9.17) is 8.85 Å². The second-order valence-corrected chi connectivity index (χ2v) is 6.99. The Bertz CT molecular complexity index is 314. The normalized spacial score (nSPS) is 19.5. The Labute approximate surface area is 91.9 Å². The Kier molecular flexibility index (Phi) is 3.09. The fourth-order valence-electron chi connectivity index (χ4n) is 2.21. The molecule has 1 aliphatic rings. The van der Waals surface area contributed by atoms with Crippen molar-refractivity contribution < 1.29 is 8.85 Å². The second-order valence-electron chi connectivity index (χ2n) is 3.71. The number of hydrogen-bond acceptors (Lipinski definition) is 3. The molecule has 0 amide bonds. The van der Waals surface area contributed by atoms with Gasteiger partial charge in [-0.05, 0) is 18.6 Å². The van der Waals surface area contributed by atoms with Crippen molar-refractivity contribution in [2.24, 2.45) is 0 Å². The van der Waals surface area contributed by atoms with Crippen LogP contribution in [0.1, 0.15) is 6.42 Å². The highest BCUT2D eigenvalue weighted by Gasteiger charge is 2.47.